The summed E-state index contributed by atoms with van der Waals surface area (Å²) in [5.41, 5.74) is 0.581. The maximum absolute atomic E-state index is 14.0. The molecule has 1 saturated heterocycles. The Morgan fingerprint density at radius 3 is 2.65 bits per heavy atom. The summed E-state index contributed by atoms with van der Waals surface area (Å²) < 4.78 is 27.3. The minimum atomic E-state index is -0.473. The molecule has 0 bridgehead atoms. The van der Waals surface area contributed by atoms with E-state index in [1.54, 1.807) is 12.3 Å². The van der Waals surface area contributed by atoms with E-state index in [0.29, 0.717) is 12.1 Å². The highest BCUT2D eigenvalue weighted by atomic mass is 32.2. The average molecular weight is 258 g/mol. The lowest BCUT2D eigenvalue weighted by Crippen LogP contribution is -2.43. The third-order valence-corrected chi connectivity index (χ3v) is 3.72. The van der Waals surface area contributed by atoms with Crippen LogP contribution < -0.4 is 5.32 Å². The minimum absolute atomic E-state index is 0.123. The first-order chi connectivity index (χ1) is 8.22. The van der Waals surface area contributed by atoms with E-state index in [0.717, 1.165) is 37.9 Å². The molecule has 1 aliphatic rings. The van der Waals surface area contributed by atoms with E-state index in [1.165, 1.54) is 6.07 Å². The Morgan fingerprint density at radius 1 is 1.29 bits per heavy atom. The van der Waals surface area contributed by atoms with Crippen LogP contribution in [-0.4, -0.2) is 37.3 Å². The molecular weight excluding hydrogens is 242 g/mol. The van der Waals surface area contributed by atoms with Crippen LogP contribution in [0.1, 0.15) is 5.56 Å². The molecule has 17 heavy (non-hydrogen) atoms. The normalized spacial score (nSPS) is 17.4. The van der Waals surface area contributed by atoms with Gasteiger partial charge in [0.2, 0.25) is 0 Å². The van der Waals surface area contributed by atoms with Crippen LogP contribution in [0.15, 0.2) is 17.0 Å². The molecule has 0 radical (unpaired) electrons. The molecule has 1 aromatic carbocycles. The fourth-order valence-corrected chi connectivity index (χ4v) is 2.57. The highest BCUT2D eigenvalue weighted by Crippen LogP contribution is 2.26. The molecule has 2 rings (SSSR count). The molecule has 1 fully saturated rings. The van der Waals surface area contributed by atoms with Crippen LogP contribution in [0.5, 0.6) is 0 Å². The predicted octanol–water partition coefficient (Wildman–Crippen LogP) is 2.09. The van der Waals surface area contributed by atoms with Gasteiger partial charge in [-0.05, 0) is 12.3 Å². The molecule has 0 aromatic heterocycles. The highest BCUT2D eigenvalue weighted by molar-refractivity contribution is 7.98. The van der Waals surface area contributed by atoms with Crippen molar-refractivity contribution in [2.75, 3.05) is 32.4 Å². The van der Waals surface area contributed by atoms with Crippen molar-refractivity contribution in [1.82, 2.24) is 10.2 Å². The molecule has 0 unspecified atom stereocenters. The molecule has 0 amide bonds. The van der Waals surface area contributed by atoms with Gasteiger partial charge in [-0.15, -0.1) is 11.8 Å². The van der Waals surface area contributed by atoms with E-state index in [4.69, 9.17) is 0 Å². The van der Waals surface area contributed by atoms with Crippen molar-refractivity contribution in [3.05, 3.63) is 29.3 Å². The molecule has 94 valence electrons. The van der Waals surface area contributed by atoms with Crippen molar-refractivity contribution in [3.63, 3.8) is 0 Å². The molecule has 1 N–H and O–H groups in total. The minimum Gasteiger partial charge on any atom is -0.314 e. The monoisotopic (exact) mass is 258 g/mol. The number of nitrogens with one attached hydrogen (secondary N) is 1. The summed E-state index contributed by atoms with van der Waals surface area (Å²) in [6, 6.07) is 2.90. The summed E-state index contributed by atoms with van der Waals surface area (Å²) in [6.45, 7) is 4.23. The Kier molecular flexibility index (Phi) is 4.36. The third kappa shape index (κ3) is 2.97. The van der Waals surface area contributed by atoms with Gasteiger partial charge in [0, 0.05) is 38.3 Å². The molecule has 1 heterocycles. The second-order valence-electron chi connectivity index (χ2n) is 4.08. The van der Waals surface area contributed by atoms with Gasteiger partial charge in [0.25, 0.3) is 0 Å². The molecule has 0 spiro atoms. The molecule has 1 aromatic rings. The quantitative estimate of drug-likeness (QED) is 0.836. The zero-order valence-electron chi connectivity index (χ0n) is 9.80. The van der Waals surface area contributed by atoms with Gasteiger partial charge in [0.05, 0.1) is 4.90 Å². The Hall–Kier alpha value is -0.650. The topological polar surface area (TPSA) is 15.3 Å². The molecule has 0 saturated carbocycles. The van der Waals surface area contributed by atoms with Crippen LogP contribution in [0.3, 0.4) is 0 Å². The Labute approximate surface area is 104 Å². The van der Waals surface area contributed by atoms with E-state index in [2.05, 4.69) is 10.2 Å². The standard InChI is InChI=1S/C12H16F2N2S/c1-17-12-10(13)3-2-9(11(12)14)8-16-6-4-15-5-7-16/h2-3,15H,4-8H2,1H3. The smallest absolute Gasteiger partial charge is 0.144 e. The van der Waals surface area contributed by atoms with Gasteiger partial charge in [0.1, 0.15) is 11.6 Å². The summed E-state index contributed by atoms with van der Waals surface area (Å²) >= 11 is 1.12. The fourth-order valence-electron chi connectivity index (χ4n) is 1.99. The van der Waals surface area contributed by atoms with Gasteiger partial charge in [-0.1, -0.05) is 6.07 Å². The van der Waals surface area contributed by atoms with Gasteiger partial charge >= 0.3 is 0 Å². The van der Waals surface area contributed by atoms with Crippen molar-refractivity contribution in [2.24, 2.45) is 0 Å². The van der Waals surface area contributed by atoms with Crippen molar-refractivity contribution in [3.8, 4) is 0 Å². The number of benzene rings is 1. The summed E-state index contributed by atoms with van der Waals surface area (Å²) in [6.07, 6.45) is 1.69. The number of hydrogen-bond donors (Lipinski definition) is 1. The van der Waals surface area contributed by atoms with E-state index in [9.17, 15) is 8.78 Å². The zero-order chi connectivity index (χ0) is 12.3. The first-order valence-corrected chi connectivity index (χ1v) is 6.89. The Morgan fingerprint density at radius 2 is 2.00 bits per heavy atom. The van der Waals surface area contributed by atoms with Crippen molar-refractivity contribution in [1.29, 1.82) is 0 Å². The third-order valence-electron chi connectivity index (χ3n) is 2.94. The van der Waals surface area contributed by atoms with Crippen LogP contribution in [0.2, 0.25) is 0 Å². The lowest BCUT2D eigenvalue weighted by atomic mass is 10.2. The first-order valence-electron chi connectivity index (χ1n) is 5.66. The highest BCUT2D eigenvalue weighted by Gasteiger charge is 2.16. The van der Waals surface area contributed by atoms with Crippen LogP contribution in [0.4, 0.5) is 8.78 Å². The lowest BCUT2D eigenvalue weighted by molar-refractivity contribution is 0.229. The van der Waals surface area contributed by atoms with Gasteiger partial charge < -0.3 is 5.32 Å². The van der Waals surface area contributed by atoms with E-state index >= 15 is 0 Å². The number of thioether (sulfide) groups is 1. The van der Waals surface area contributed by atoms with Crippen molar-refractivity contribution in [2.45, 2.75) is 11.4 Å². The number of hydrogen-bond acceptors (Lipinski definition) is 3. The van der Waals surface area contributed by atoms with Gasteiger partial charge in [-0.2, -0.15) is 0 Å². The van der Waals surface area contributed by atoms with Crippen molar-refractivity contribution >= 4 is 11.8 Å². The Bertz CT molecular complexity index is 392. The van der Waals surface area contributed by atoms with Crippen LogP contribution in [0, 0.1) is 11.6 Å². The molecule has 0 aliphatic carbocycles. The van der Waals surface area contributed by atoms with Crippen LogP contribution in [-0.2, 0) is 6.54 Å². The van der Waals surface area contributed by atoms with Crippen molar-refractivity contribution < 1.29 is 8.78 Å². The number of halogens is 2. The predicted molar refractivity (Wildman–Crippen MR) is 66.3 cm³/mol. The lowest BCUT2D eigenvalue weighted by Gasteiger charge is -2.27. The van der Waals surface area contributed by atoms with Gasteiger partial charge in [-0.25, -0.2) is 8.78 Å². The molecule has 0 atom stereocenters. The summed E-state index contributed by atoms with van der Waals surface area (Å²) in [4.78, 5) is 2.30. The first kappa shape index (κ1) is 12.8. The van der Waals surface area contributed by atoms with Crippen LogP contribution in [0.25, 0.3) is 0 Å². The maximum Gasteiger partial charge on any atom is 0.144 e. The zero-order valence-corrected chi connectivity index (χ0v) is 10.6. The van der Waals surface area contributed by atoms with Crippen LogP contribution >= 0.6 is 11.8 Å². The summed E-state index contributed by atoms with van der Waals surface area (Å²) in [7, 11) is 0. The van der Waals surface area contributed by atoms with E-state index in [-0.39, 0.29) is 4.90 Å². The second kappa shape index (κ2) is 5.80. The molecule has 1 aliphatic heterocycles. The SMILES string of the molecule is CSc1c(F)ccc(CN2CCNCC2)c1F. The van der Waals surface area contributed by atoms with Gasteiger partial charge in [-0.3, -0.25) is 4.90 Å². The average Bonchev–Trinajstić information content (AvgIpc) is 2.35. The number of rotatable bonds is 3. The molecular formula is C12H16F2N2S. The largest absolute Gasteiger partial charge is 0.314 e. The van der Waals surface area contributed by atoms with Gasteiger partial charge in [0.15, 0.2) is 0 Å². The maximum atomic E-state index is 14.0. The molecule has 2 nitrogen and oxygen atoms in total. The molecule has 5 heteroatoms. The fraction of sp³-hybridized carbons (Fsp3) is 0.500. The second-order valence-corrected chi connectivity index (χ2v) is 4.90. The number of piperazine rings is 1. The Balaban J connectivity index is 2.15. The number of nitrogens with zero attached hydrogens (tertiary/aromatic N) is 1. The van der Waals surface area contributed by atoms with E-state index in [1.807, 2.05) is 0 Å². The summed E-state index contributed by atoms with van der Waals surface area (Å²) in [5, 5.41) is 3.25. The summed E-state index contributed by atoms with van der Waals surface area (Å²) in [5.74, 6) is -0.880. The van der Waals surface area contributed by atoms with E-state index < -0.39 is 11.6 Å².